The molecule has 0 fully saturated rings. The molecule has 0 saturated heterocycles. The van der Waals surface area contributed by atoms with Crippen molar-refractivity contribution in [3.05, 3.63) is 34.4 Å². The van der Waals surface area contributed by atoms with Crippen LogP contribution in [-0.4, -0.2) is 13.1 Å². The van der Waals surface area contributed by atoms with Gasteiger partial charge in [0.1, 0.15) is 0 Å². The van der Waals surface area contributed by atoms with Crippen molar-refractivity contribution in [2.24, 2.45) is 0 Å². The maximum Gasteiger partial charge on any atom is 0.417 e. The number of hydrogen-bond acceptors (Lipinski definition) is 2. The number of ether oxygens (including phenoxy) is 1. The van der Waals surface area contributed by atoms with Crippen LogP contribution in [0.2, 0.25) is 0 Å². The topological polar surface area (TPSA) is 26.3 Å². The molecule has 0 heterocycles. The van der Waals surface area contributed by atoms with Gasteiger partial charge in [0, 0.05) is 0 Å². The third-order valence-electron chi connectivity index (χ3n) is 2.66. The van der Waals surface area contributed by atoms with Crippen LogP contribution in [0.25, 0.3) is 0 Å². The predicted octanol–water partition coefficient (Wildman–Crippen LogP) is 4.07. The fourth-order valence-corrected chi connectivity index (χ4v) is 1.88. The molecule has 20 heavy (non-hydrogen) atoms. The van der Waals surface area contributed by atoms with Gasteiger partial charge in [-0.15, -0.1) is 0 Å². The SMILES string of the molecule is CCc1c(C(F)(F)F)ccc(C(=O)OC)c1C(F)(F)F. The first-order valence-corrected chi connectivity index (χ1v) is 5.42. The molecule has 0 aliphatic heterocycles. The maximum absolute atomic E-state index is 13.0. The Bertz CT molecular complexity index is 516. The highest BCUT2D eigenvalue weighted by atomic mass is 19.4. The minimum atomic E-state index is -5.09. The number of halogens is 6. The van der Waals surface area contributed by atoms with E-state index < -0.39 is 47.0 Å². The quantitative estimate of drug-likeness (QED) is 0.608. The molecule has 0 spiro atoms. The van der Waals surface area contributed by atoms with Crippen molar-refractivity contribution in [1.29, 1.82) is 0 Å². The maximum atomic E-state index is 13.0. The minimum Gasteiger partial charge on any atom is -0.465 e. The highest BCUT2D eigenvalue weighted by Crippen LogP contribution is 2.41. The zero-order valence-electron chi connectivity index (χ0n) is 10.4. The van der Waals surface area contributed by atoms with Crippen LogP contribution in [0.3, 0.4) is 0 Å². The highest BCUT2D eigenvalue weighted by Gasteiger charge is 2.43. The van der Waals surface area contributed by atoms with E-state index in [9.17, 15) is 31.1 Å². The van der Waals surface area contributed by atoms with Crippen molar-refractivity contribution in [1.82, 2.24) is 0 Å². The van der Waals surface area contributed by atoms with Crippen LogP contribution < -0.4 is 0 Å². The van der Waals surface area contributed by atoms with E-state index in [1.165, 1.54) is 0 Å². The molecule has 1 rings (SSSR count). The van der Waals surface area contributed by atoms with Crippen LogP contribution in [0, 0.1) is 0 Å². The molecule has 0 unspecified atom stereocenters. The Labute approximate surface area is 110 Å². The number of carbonyl (C=O) groups excluding carboxylic acids is 1. The smallest absolute Gasteiger partial charge is 0.417 e. The lowest BCUT2D eigenvalue weighted by atomic mass is 9.93. The molecule has 1 aromatic rings. The Morgan fingerprint density at radius 3 is 2.00 bits per heavy atom. The van der Waals surface area contributed by atoms with Crippen LogP contribution in [0.5, 0.6) is 0 Å². The third kappa shape index (κ3) is 3.05. The summed E-state index contributed by atoms with van der Waals surface area (Å²) in [6.07, 6.45) is -10.5. The molecule has 112 valence electrons. The minimum absolute atomic E-state index is 0.459. The molecule has 0 aliphatic carbocycles. The monoisotopic (exact) mass is 300 g/mol. The second-order valence-corrected chi connectivity index (χ2v) is 3.85. The van der Waals surface area contributed by atoms with Crippen molar-refractivity contribution in [3.63, 3.8) is 0 Å². The fraction of sp³-hybridized carbons (Fsp3) is 0.417. The molecule has 0 amide bonds. The molecule has 0 atom stereocenters. The Balaban J connectivity index is 3.74. The van der Waals surface area contributed by atoms with E-state index in [0.29, 0.717) is 12.1 Å². The average molecular weight is 300 g/mol. The van der Waals surface area contributed by atoms with Crippen molar-refractivity contribution >= 4 is 5.97 Å². The van der Waals surface area contributed by atoms with Gasteiger partial charge in [0.15, 0.2) is 0 Å². The number of benzene rings is 1. The first-order valence-electron chi connectivity index (χ1n) is 5.42. The number of hydrogen-bond donors (Lipinski definition) is 0. The lowest BCUT2D eigenvalue weighted by Gasteiger charge is -2.20. The molecule has 0 N–H and O–H groups in total. The van der Waals surface area contributed by atoms with E-state index in [1.54, 1.807) is 0 Å². The van der Waals surface area contributed by atoms with E-state index in [0.717, 1.165) is 14.0 Å². The van der Waals surface area contributed by atoms with Crippen LogP contribution in [0.4, 0.5) is 26.3 Å². The Morgan fingerprint density at radius 2 is 1.65 bits per heavy atom. The standard InChI is InChI=1S/C12H10F6O2/c1-3-6-8(11(13,14)15)5-4-7(10(19)20-2)9(6)12(16,17)18/h4-5H,3H2,1-2H3. The molecule has 2 nitrogen and oxygen atoms in total. The van der Waals surface area contributed by atoms with Gasteiger partial charge in [-0.05, 0) is 24.1 Å². The van der Waals surface area contributed by atoms with Crippen molar-refractivity contribution in [2.45, 2.75) is 25.7 Å². The summed E-state index contributed by atoms with van der Waals surface area (Å²) in [5.74, 6) is -1.33. The largest absolute Gasteiger partial charge is 0.465 e. The van der Waals surface area contributed by atoms with E-state index in [1.807, 2.05) is 0 Å². The van der Waals surface area contributed by atoms with E-state index in [4.69, 9.17) is 0 Å². The van der Waals surface area contributed by atoms with Crippen molar-refractivity contribution < 1.29 is 35.9 Å². The summed E-state index contributed by atoms with van der Waals surface area (Å²) in [5.41, 5.74) is -4.89. The average Bonchev–Trinajstić information content (AvgIpc) is 2.33. The normalized spacial score (nSPS) is 12.4. The Morgan fingerprint density at radius 1 is 1.10 bits per heavy atom. The molecular formula is C12H10F6O2. The summed E-state index contributed by atoms with van der Waals surface area (Å²) in [6, 6.07) is 0.941. The molecule has 1 aromatic carbocycles. The molecule has 0 aromatic heterocycles. The Hall–Kier alpha value is -1.73. The summed E-state index contributed by atoms with van der Waals surface area (Å²) < 4.78 is 81.3. The first-order chi connectivity index (χ1) is 9.04. The van der Waals surface area contributed by atoms with Gasteiger partial charge >= 0.3 is 18.3 Å². The molecular weight excluding hydrogens is 290 g/mol. The predicted molar refractivity (Wildman–Crippen MR) is 57.2 cm³/mol. The van der Waals surface area contributed by atoms with Crippen LogP contribution >= 0.6 is 0 Å². The molecule has 0 saturated carbocycles. The summed E-state index contributed by atoms with van der Waals surface area (Å²) in [6.45, 7) is 1.15. The lowest BCUT2D eigenvalue weighted by molar-refractivity contribution is -0.144. The van der Waals surface area contributed by atoms with Gasteiger partial charge < -0.3 is 4.74 Å². The van der Waals surface area contributed by atoms with Gasteiger partial charge in [-0.25, -0.2) is 4.79 Å². The zero-order valence-corrected chi connectivity index (χ0v) is 10.4. The number of rotatable bonds is 2. The van der Waals surface area contributed by atoms with E-state index in [2.05, 4.69) is 4.74 Å². The summed E-state index contributed by atoms with van der Waals surface area (Å²) in [7, 11) is 0.853. The number of methoxy groups -OCH3 is 1. The van der Waals surface area contributed by atoms with Gasteiger partial charge in [0.25, 0.3) is 0 Å². The van der Waals surface area contributed by atoms with Gasteiger partial charge in [-0.3, -0.25) is 0 Å². The zero-order chi connectivity index (χ0) is 15.7. The molecule has 0 bridgehead atoms. The molecule has 0 aliphatic rings. The van der Waals surface area contributed by atoms with Crippen LogP contribution in [-0.2, 0) is 23.5 Å². The van der Waals surface area contributed by atoms with Gasteiger partial charge in [0.05, 0.1) is 23.8 Å². The second-order valence-electron chi connectivity index (χ2n) is 3.85. The van der Waals surface area contributed by atoms with Gasteiger partial charge in [0.2, 0.25) is 0 Å². The second kappa shape index (κ2) is 5.34. The summed E-state index contributed by atoms with van der Waals surface area (Å²) in [4.78, 5) is 11.3. The van der Waals surface area contributed by atoms with Gasteiger partial charge in [-0.2, -0.15) is 26.3 Å². The fourth-order valence-electron chi connectivity index (χ4n) is 1.88. The Kier molecular flexibility index (Phi) is 4.36. The highest BCUT2D eigenvalue weighted by molar-refractivity contribution is 5.92. The lowest BCUT2D eigenvalue weighted by Crippen LogP contribution is -2.21. The van der Waals surface area contributed by atoms with Crippen molar-refractivity contribution in [2.75, 3.05) is 7.11 Å². The number of carbonyl (C=O) groups is 1. The summed E-state index contributed by atoms with van der Waals surface area (Å²) in [5, 5.41) is 0. The number of alkyl halides is 6. The first kappa shape index (κ1) is 16.3. The molecule has 8 heteroatoms. The third-order valence-corrected chi connectivity index (χ3v) is 2.66. The number of esters is 1. The van der Waals surface area contributed by atoms with E-state index >= 15 is 0 Å². The van der Waals surface area contributed by atoms with Crippen LogP contribution in [0.15, 0.2) is 12.1 Å². The molecule has 0 radical (unpaired) electrons. The van der Waals surface area contributed by atoms with Crippen LogP contribution in [0.1, 0.15) is 34.0 Å². The van der Waals surface area contributed by atoms with Crippen molar-refractivity contribution in [3.8, 4) is 0 Å². The van der Waals surface area contributed by atoms with Gasteiger partial charge in [-0.1, -0.05) is 6.92 Å². The van der Waals surface area contributed by atoms with E-state index in [-0.39, 0.29) is 0 Å². The summed E-state index contributed by atoms with van der Waals surface area (Å²) >= 11 is 0.